The maximum Gasteiger partial charge on any atom is 0.335 e. The number of hydrogen-bond acceptors (Lipinski definition) is 5. The Morgan fingerprint density at radius 1 is 1.03 bits per heavy atom. The lowest BCUT2D eigenvalue weighted by Crippen LogP contribution is -2.03. The van der Waals surface area contributed by atoms with Crippen molar-refractivity contribution in [3.8, 4) is 0 Å². The number of aromatic carboxylic acids is 1. The number of nitro benzene ring substituents is 1. The summed E-state index contributed by atoms with van der Waals surface area (Å²) in [5.74, 6) is -2.27. The van der Waals surface area contributed by atoms with E-state index in [9.17, 15) is 24.1 Å². The number of carboxylic acids is 1. The third kappa shape index (κ3) is 6.19. The minimum absolute atomic E-state index is 0.0202. The van der Waals surface area contributed by atoms with Crippen molar-refractivity contribution < 1.29 is 24.0 Å². The quantitative estimate of drug-likeness (QED) is 0.155. The number of allylic oxidation sites excluding steroid dienone is 1. The second kappa shape index (κ2) is 10.6. The highest BCUT2D eigenvalue weighted by molar-refractivity contribution is 8.03. The van der Waals surface area contributed by atoms with Gasteiger partial charge in [-0.05, 0) is 47.5 Å². The number of carboxylic acid groups (broad SMARTS) is 1. The lowest BCUT2D eigenvalue weighted by atomic mass is 10.1. The molecule has 0 fully saturated rings. The van der Waals surface area contributed by atoms with Gasteiger partial charge in [0, 0.05) is 27.4 Å². The van der Waals surface area contributed by atoms with Crippen LogP contribution in [0.4, 0.5) is 10.1 Å². The van der Waals surface area contributed by atoms with Crippen LogP contribution < -0.4 is 0 Å². The molecule has 0 bridgehead atoms. The fourth-order valence-corrected chi connectivity index (χ4v) is 4.37. The summed E-state index contributed by atoms with van der Waals surface area (Å²) in [5.41, 5.74) is 0.482. The van der Waals surface area contributed by atoms with Gasteiger partial charge in [0.2, 0.25) is 5.82 Å². The molecule has 1 N–H and O–H groups in total. The second-order valence-corrected chi connectivity index (χ2v) is 8.57. The van der Waals surface area contributed by atoms with E-state index in [0.29, 0.717) is 15.6 Å². The molecule has 0 saturated carbocycles. The molecule has 0 aliphatic carbocycles. The molecule has 0 aliphatic rings. The normalized spacial score (nSPS) is 11.3. The van der Waals surface area contributed by atoms with E-state index in [4.69, 9.17) is 28.3 Å². The van der Waals surface area contributed by atoms with Crippen molar-refractivity contribution in [3.05, 3.63) is 114 Å². The number of benzene rings is 3. The van der Waals surface area contributed by atoms with E-state index in [2.05, 4.69) is 0 Å². The van der Waals surface area contributed by atoms with Gasteiger partial charge >= 0.3 is 11.7 Å². The third-order valence-corrected chi connectivity index (χ3v) is 6.14. The molecule has 3 rings (SSSR count). The summed E-state index contributed by atoms with van der Waals surface area (Å²) in [5, 5.41) is 21.0. The average Bonchev–Trinajstić information content (AvgIpc) is 2.78. The molecule has 168 valence electrons. The Labute approximate surface area is 201 Å². The first-order valence-electron chi connectivity index (χ1n) is 9.26. The molecule has 0 radical (unpaired) electrons. The van der Waals surface area contributed by atoms with E-state index in [1.807, 2.05) is 0 Å². The maximum atomic E-state index is 13.7. The second-order valence-electron chi connectivity index (χ2n) is 6.71. The number of carbonyl (C=O) groups excluding carboxylic acids is 1. The average molecular weight is 506 g/mol. The van der Waals surface area contributed by atoms with Crippen LogP contribution in [0.15, 0.2) is 65.6 Å². The summed E-state index contributed by atoms with van der Waals surface area (Å²) in [6.45, 7) is 0. The Morgan fingerprint density at radius 2 is 1.70 bits per heavy atom. The summed E-state index contributed by atoms with van der Waals surface area (Å²) in [4.78, 5) is 34.7. The molecule has 0 unspecified atom stereocenters. The number of rotatable bonds is 8. The van der Waals surface area contributed by atoms with Crippen molar-refractivity contribution in [3.63, 3.8) is 0 Å². The smallest absolute Gasteiger partial charge is 0.335 e. The van der Waals surface area contributed by atoms with Crippen LogP contribution in [0.1, 0.15) is 31.8 Å². The van der Waals surface area contributed by atoms with Crippen molar-refractivity contribution in [2.24, 2.45) is 0 Å². The number of carbonyl (C=O) groups is 2. The Hall–Kier alpha value is -3.20. The third-order valence-electron chi connectivity index (χ3n) is 4.48. The fourth-order valence-electron chi connectivity index (χ4n) is 2.78. The van der Waals surface area contributed by atoms with Crippen LogP contribution >= 0.6 is 35.0 Å². The number of hydrogen-bond donors (Lipinski definition) is 1. The number of ketones is 1. The summed E-state index contributed by atoms with van der Waals surface area (Å²) in [7, 11) is 0. The zero-order valence-electron chi connectivity index (χ0n) is 16.6. The van der Waals surface area contributed by atoms with Gasteiger partial charge in [0.15, 0.2) is 5.78 Å². The van der Waals surface area contributed by atoms with E-state index in [-0.39, 0.29) is 27.3 Å². The zero-order valence-corrected chi connectivity index (χ0v) is 19.0. The Morgan fingerprint density at radius 3 is 2.30 bits per heavy atom. The molecular formula is C23H14Cl2FNO5S. The number of halogens is 3. The Balaban J connectivity index is 1.98. The predicted molar refractivity (Wildman–Crippen MR) is 127 cm³/mol. The Kier molecular flexibility index (Phi) is 7.86. The monoisotopic (exact) mass is 505 g/mol. The van der Waals surface area contributed by atoms with Crippen LogP contribution in [0.3, 0.4) is 0 Å². The molecule has 3 aromatic rings. The maximum absolute atomic E-state index is 13.7. The van der Waals surface area contributed by atoms with Gasteiger partial charge in [0.1, 0.15) is 0 Å². The van der Waals surface area contributed by atoms with Crippen LogP contribution in [0.5, 0.6) is 0 Å². The number of Topliss-reactive ketones (excluding diaryl/α,β-unsaturated/α-hetero) is 1. The molecule has 0 aromatic heterocycles. The van der Waals surface area contributed by atoms with E-state index < -0.39 is 28.2 Å². The van der Waals surface area contributed by atoms with Crippen molar-refractivity contribution in [1.82, 2.24) is 0 Å². The van der Waals surface area contributed by atoms with Crippen molar-refractivity contribution in [1.29, 1.82) is 0 Å². The minimum Gasteiger partial charge on any atom is -0.478 e. The topological polar surface area (TPSA) is 97.5 Å². The SMILES string of the molecule is O=C(O)c1ccc(C(=O)/C(=C\c2ccc(F)c([N+](=O)[O-])c2)SCc2ccc(Cl)cc2Cl)cc1. The molecule has 0 atom stereocenters. The van der Waals surface area contributed by atoms with Gasteiger partial charge < -0.3 is 5.11 Å². The first kappa shape index (κ1) is 24.4. The number of nitro groups is 1. The number of nitrogens with zero attached hydrogens (tertiary/aromatic N) is 1. The van der Waals surface area contributed by atoms with Gasteiger partial charge in [-0.3, -0.25) is 14.9 Å². The predicted octanol–water partition coefficient (Wildman–Crippen LogP) is 6.90. The molecule has 0 spiro atoms. The first-order chi connectivity index (χ1) is 15.7. The van der Waals surface area contributed by atoms with Crippen LogP contribution in [0.2, 0.25) is 10.0 Å². The Bertz CT molecular complexity index is 1280. The van der Waals surface area contributed by atoms with E-state index in [1.54, 1.807) is 18.2 Å². The molecular weight excluding hydrogens is 492 g/mol. The van der Waals surface area contributed by atoms with Crippen molar-refractivity contribution >= 4 is 58.5 Å². The van der Waals surface area contributed by atoms with Crippen LogP contribution in [0, 0.1) is 15.9 Å². The molecule has 0 saturated heterocycles. The van der Waals surface area contributed by atoms with Crippen LogP contribution in [0.25, 0.3) is 6.08 Å². The summed E-state index contributed by atoms with van der Waals surface area (Å²) >= 11 is 13.3. The summed E-state index contributed by atoms with van der Waals surface area (Å²) < 4.78 is 13.7. The molecule has 10 heteroatoms. The van der Waals surface area contributed by atoms with Gasteiger partial charge in [-0.15, -0.1) is 11.8 Å². The van der Waals surface area contributed by atoms with E-state index >= 15 is 0 Å². The van der Waals surface area contributed by atoms with Crippen LogP contribution in [-0.4, -0.2) is 21.8 Å². The van der Waals surface area contributed by atoms with Gasteiger partial charge in [-0.2, -0.15) is 4.39 Å². The minimum atomic E-state index is -1.13. The summed E-state index contributed by atoms with van der Waals surface area (Å²) in [6.07, 6.45) is 1.41. The van der Waals surface area contributed by atoms with Crippen LogP contribution in [-0.2, 0) is 5.75 Å². The van der Waals surface area contributed by atoms with Gasteiger partial charge in [0.05, 0.1) is 15.4 Å². The van der Waals surface area contributed by atoms with Gasteiger partial charge in [-0.25, -0.2) is 4.79 Å². The molecule has 0 aliphatic heterocycles. The highest BCUT2D eigenvalue weighted by Gasteiger charge is 2.18. The van der Waals surface area contributed by atoms with E-state index in [1.165, 1.54) is 36.4 Å². The standard InChI is InChI=1S/C23H14Cl2FNO5S/c24-17-7-6-16(18(25)11-17)12-33-21(10-13-1-8-19(26)20(9-13)27(31)32)22(28)14-2-4-15(5-3-14)23(29)30/h1-11H,12H2,(H,29,30)/b21-10+. The number of thioether (sulfide) groups is 1. The van der Waals surface area contributed by atoms with Crippen molar-refractivity contribution in [2.45, 2.75) is 5.75 Å². The largest absolute Gasteiger partial charge is 0.478 e. The first-order valence-corrected chi connectivity index (χ1v) is 11.0. The van der Waals surface area contributed by atoms with Crippen molar-refractivity contribution in [2.75, 3.05) is 0 Å². The highest BCUT2D eigenvalue weighted by atomic mass is 35.5. The van der Waals surface area contributed by atoms with Gasteiger partial charge in [-0.1, -0.05) is 47.5 Å². The fraction of sp³-hybridized carbons (Fsp3) is 0.0435. The highest BCUT2D eigenvalue weighted by Crippen LogP contribution is 2.32. The molecule has 0 amide bonds. The summed E-state index contributed by atoms with van der Waals surface area (Å²) in [6, 6.07) is 13.6. The van der Waals surface area contributed by atoms with Gasteiger partial charge in [0.25, 0.3) is 0 Å². The zero-order chi connectivity index (χ0) is 24.1. The molecule has 33 heavy (non-hydrogen) atoms. The molecule has 0 heterocycles. The lowest BCUT2D eigenvalue weighted by molar-refractivity contribution is -0.387. The molecule has 3 aromatic carbocycles. The molecule has 6 nitrogen and oxygen atoms in total. The lowest BCUT2D eigenvalue weighted by Gasteiger charge is -2.09. The van der Waals surface area contributed by atoms with E-state index in [0.717, 1.165) is 23.9 Å².